The second-order valence-corrected chi connectivity index (χ2v) is 3.36. The molecule has 0 bridgehead atoms. The summed E-state index contributed by atoms with van der Waals surface area (Å²) in [6.07, 6.45) is 1.59. The van der Waals surface area contributed by atoms with E-state index < -0.39 is 0 Å². The van der Waals surface area contributed by atoms with E-state index in [1.54, 1.807) is 13.3 Å². The molecule has 0 atom stereocenters. The summed E-state index contributed by atoms with van der Waals surface area (Å²) in [4.78, 5) is 8.49. The zero-order valence-corrected chi connectivity index (χ0v) is 10.7. The van der Waals surface area contributed by atoms with Crippen molar-refractivity contribution in [3.63, 3.8) is 0 Å². The number of hydrogen-bond acceptors (Lipinski definition) is 3. The Morgan fingerprint density at radius 1 is 1.25 bits per heavy atom. The van der Waals surface area contributed by atoms with Gasteiger partial charge in [0.15, 0.2) is 0 Å². The number of hydrogen-bond donors (Lipinski definition) is 0. The summed E-state index contributed by atoms with van der Waals surface area (Å²) in [5, 5.41) is 0.694. The van der Waals surface area contributed by atoms with Crippen LogP contribution in [0.2, 0.25) is 5.02 Å². The quantitative estimate of drug-likeness (QED) is 0.761. The van der Waals surface area contributed by atoms with Crippen LogP contribution in [0.4, 0.5) is 0 Å². The molecule has 0 aliphatic rings. The van der Waals surface area contributed by atoms with Crippen LogP contribution in [-0.4, -0.2) is 17.1 Å². The van der Waals surface area contributed by atoms with Crippen molar-refractivity contribution in [3.8, 4) is 5.88 Å². The van der Waals surface area contributed by atoms with Gasteiger partial charge in [-0.05, 0) is 24.6 Å². The lowest BCUT2D eigenvalue weighted by Gasteiger charge is -2.04. The topological polar surface area (TPSA) is 35.0 Å². The van der Waals surface area contributed by atoms with Gasteiger partial charge in [-0.25, -0.2) is 9.97 Å². The van der Waals surface area contributed by atoms with Gasteiger partial charge in [-0.1, -0.05) is 25.4 Å². The van der Waals surface area contributed by atoms with Gasteiger partial charge in [0.1, 0.15) is 0 Å². The Labute approximate surface area is 100 Å². The predicted molar refractivity (Wildman–Crippen MR) is 67.2 cm³/mol. The number of nitrogens with zero attached hydrogens (tertiary/aromatic N) is 2. The first-order valence-electron chi connectivity index (χ1n) is 5.18. The summed E-state index contributed by atoms with van der Waals surface area (Å²) in [7, 11) is 1.57. The van der Waals surface area contributed by atoms with Crippen molar-refractivity contribution < 1.29 is 4.74 Å². The Hall–Kier alpha value is -1.35. The number of methoxy groups -OCH3 is 1. The van der Waals surface area contributed by atoms with Gasteiger partial charge >= 0.3 is 0 Å². The van der Waals surface area contributed by atoms with Crippen molar-refractivity contribution in [2.24, 2.45) is 0 Å². The molecular weight excluding hydrogens is 224 g/mol. The molecule has 2 aromatic rings. The molecule has 0 saturated carbocycles. The number of ether oxygens (including phenoxy) is 1. The minimum absolute atomic E-state index is 0.503. The van der Waals surface area contributed by atoms with Crippen LogP contribution in [0.5, 0.6) is 5.88 Å². The van der Waals surface area contributed by atoms with Crippen LogP contribution in [0.1, 0.15) is 19.4 Å². The highest BCUT2D eigenvalue weighted by Gasteiger charge is 2.05. The van der Waals surface area contributed by atoms with E-state index in [-0.39, 0.29) is 0 Å². The summed E-state index contributed by atoms with van der Waals surface area (Å²) in [6, 6.07) is 3.66. The third-order valence-electron chi connectivity index (χ3n) is 2.09. The smallest absolute Gasteiger partial charge is 0.232 e. The second-order valence-electron chi connectivity index (χ2n) is 2.95. The first-order valence-corrected chi connectivity index (χ1v) is 5.56. The van der Waals surface area contributed by atoms with Gasteiger partial charge < -0.3 is 4.74 Å². The molecule has 1 aromatic carbocycles. The largest absolute Gasteiger partial charge is 0.480 e. The first kappa shape index (κ1) is 12.7. The van der Waals surface area contributed by atoms with Gasteiger partial charge in [0.25, 0.3) is 0 Å². The molecule has 0 saturated heterocycles. The maximum absolute atomic E-state index is 5.97. The van der Waals surface area contributed by atoms with E-state index in [0.29, 0.717) is 10.9 Å². The number of benzene rings is 1. The second kappa shape index (κ2) is 5.66. The fourth-order valence-corrected chi connectivity index (χ4v) is 1.42. The maximum atomic E-state index is 5.97. The van der Waals surface area contributed by atoms with E-state index in [2.05, 4.69) is 9.97 Å². The molecule has 1 aromatic heterocycles. The summed E-state index contributed by atoms with van der Waals surface area (Å²) in [5.74, 6) is 0.503. The maximum Gasteiger partial charge on any atom is 0.232 e. The Kier molecular flexibility index (Phi) is 4.50. The lowest BCUT2D eigenvalue weighted by molar-refractivity contribution is 0.397. The fraction of sp³-hybridized carbons (Fsp3) is 0.333. The third-order valence-corrected chi connectivity index (χ3v) is 2.50. The average Bonchev–Trinajstić information content (AvgIpc) is 2.36. The van der Waals surface area contributed by atoms with Crippen LogP contribution in [0.3, 0.4) is 0 Å². The number of rotatable bonds is 1. The predicted octanol–water partition coefficient (Wildman–Crippen LogP) is 3.63. The lowest BCUT2D eigenvalue weighted by Crippen LogP contribution is -1.92. The van der Waals surface area contributed by atoms with Gasteiger partial charge in [0, 0.05) is 5.02 Å². The zero-order chi connectivity index (χ0) is 12.1. The molecule has 0 aliphatic heterocycles. The Balaban J connectivity index is 0.000000606. The summed E-state index contributed by atoms with van der Waals surface area (Å²) in [6.45, 7) is 5.92. The van der Waals surface area contributed by atoms with Crippen molar-refractivity contribution in [2.45, 2.75) is 20.8 Å². The molecule has 0 aliphatic carbocycles. The van der Waals surface area contributed by atoms with Crippen LogP contribution in [-0.2, 0) is 0 Å². The van der Waals surface area contributed by atoms with E-state index >= 15 is 0 Å². The van der Waals surface area contributed by atoms with E-state index in [1.807, 2.05) is 32.9 Å². The van der Waals surface area contributed by atoms with Crippen LogP contribution >= 0.6 is 11.6 Å². The summed E-state index contributed by atoms with van der Waals surface area (Å²) >= 11 is 5.97. The third kappa shape index (κ3) is 2.42. The molecular formula is C12H15ClN2O. The van der Waals surface area contributed by atoms with Crippen LogP contribution in [0.25, 0.3) is 11.0 Å². The van der Waals surface area contributed by atoms with Gasteiger partial charge in [-0.15, -0.1) is 0 Å². The highest BCUT2D eigenvalue weighted by molar-refractivity contribution is 6.32. The molecule has 16 heavy (non-hydrogen) atoms. The standard InChI is InChI=1S/C10H9ClN2O.C2H6/c1-6-7(11)3-4-8-10(6)13-9(14-2)5-12-8;1-2/h3-5H,1-2H3;1-2H3. The molecule has 2 rings (SSSR count). The molecule has 0 spiro atoms. The monoisotopic (exact) mass is 238 g/mol. The fourth-order valence-electron chi connectivity index (χ4n) is 1.27. The lowest BCUT2D eigenvalue weighted by atomic mass is 10.2. The number of fused-ring (bicyclic) bond motifs is 1. The number of halogens is 1. The Morgan fingerprint density at radius 2 is 1.94 bits per heavy atom. The van der Waals surface area contributed by atoms with Crippen LogP contribution in [0.15, 0.2) is 18.3 Å². The van der Waals surface area contributed by atoms with Gasteiger partial charge in [0.05, 0.1) is 24.3 Å². The highest BCUT2D eigenvalue weighted by atomic mass is 35.5. The summed E-state index contributed by atoms with van der Waals surface area (Å²) < 4.78 is 5.00. The normalized spacial score (nSPS) is 9.56. The van der Waals surface area contributed by atoms with Gasteiger partial charge in [-0.3, -0.25) is 0 Å². The molecule has 4 heteroatoms. The molecule has 0 N–H and O–H groups in total. The SMILES string of the molecule is CC.COc1cnc2ccc(Cl)c(C)c2n1. The number of aromatic nitrogens is 2. The minimum atomic E-state index is 0.503. The minimum Gasteiger partial charge on any atom is -0.480 e. The van der Waals surface area contributed by atoms with Crippen molar-refractivity contribution in [3.05, 3.63) is 28.9 Å². The molecule has 3 nitrogen and oxygen atoms in total. The molecule has 0 unspecified atom stereocenters. The van der Waals surface area contributed by atoms with Gasteiger partial charge in [0.2, 0.25) is 5.88 Å². The molecule has 1 heterocycles. The van der Waals surface area contributed by atoms with E-state index in [4.69, 9.17) is 16.3 Å². The Morgan fingerprint density at radius 3 is 2.56 bits per heavy atom. The zero-order valence-electron chi connectivity index (χ0n) is 9.91. The Bertz CT molecular complexity index is 486. The van der Waals surface area contributed by atoms with Crippen molar-refractivity contribution >= 4 is 22.6 Å². The highest BCUT2D eigenvalue weighted by Crippen LogP contribution is 2.23. The van der Waals surface area contributed by atoms with Crippen LogP contribution < -0.4 is 4.74 Å². The molecule has 0 fully saturated rings. The van der Waals surface area contributed by atoms with Crippen LogP contribution in [0, 0.1) is 6.92 Å². The van der Waals surface area contributed by atoms with Crippen molar-refractivity contribution in [1.82, 2.24) is 9.97 Å². The molecule has 0 radical (unpaired) electrons. The van der Waals surface area contributed by atoms with Crippen molar-refractivity contribution in [2.75, 3.05) is 7.11 Å². The van der Waals surface area contributed by atoms with E-state index in [1.165, 1.54) is 0 Å². The first-order chi connectivity index (χ1) is 7.72. The number of aryl methyl sites for hydroxylation is 1. The molecule has 0 amide bonds. The summed E-state index contributed by atoms with van der Waals surface area (Å²) in [5.41, 5.74) is 2.54. The average molecular weight is 239 g/mol. The van der Waals surface area contributed by atoms with Crippen molar-refractivity contribution in [1.29, 1.82) is 0 Å². The molecule has 86 valence electrons. The van der Waals surface area contributed by atoms with Gasteiger partial charge in [-0.2, -0.15) is 0 Å². The van der Waals surface area contributed by atoms with E-state index in [9.17, 15) is 0 Å². The van der Waals surface area contributed by atoms with E-state index in [0.717, 1.165) is 16.6 Å².